The fraction of sp³-hybridized carbons (Fsp3) is 0.529. The van der Waals surface area contributed by atoms with E-state index in [0.717, 1.165) is 37.1 Å². The summed E-state index contributed by atoms with van der Waals surface area (Å²) in [6.45, 7) is 4.95. The monoisotopic (exact) mass is 288 g/mol. The van der Waals surface area contributed by atoms with Gasteiger partial charge in [0.2, 0.25) is 0 Å². The second-order valence-corrected chi connectivity index (χ2v) is 5.65. The molecule has 0 N–H and O–H groups in total. The number of benzene rings is 1. The summed E-state index contributed by atoms with van der Waals surface area (Å²) in [5.74, 6) is 1.02. The lowest BCUT2D eigenvalue weighted by Gasteiger charge is -2.24. The Balaban J connectivity index is 2.30. The van der Waals surface area contributed by atoms with Gasteiger partial charge in [-0.2, -0.15) is 0 Å². The molecule has 0 radical (unpaired) electrons. The Morgan fingerprint density at radius 1 is 1.48 bits per heavy atom. The lowest BCUT2D eigenvalue weighted by atomic mass is 9.79. The summed E-state index contributed by atoms with van der Waals surface area (Å²) in [6.07, 6.45) is 4.96. The van der Waals surface area contributed by atoms with Crippen LogP contribution < -0.4 is 4.74 Å². The smallest absolute Gasteiger partial charge is 0.169 e. The van der Waals surface area contributed by atoms with Crippen molar-refractivity contribution in [1.82, 2.24) is 4.90 Å². The predicted octanol–water partition coefficient (Wildman–Crippen LogP) is 3.60. The number of nitrogens with zero attached hydrogens (tertiary/aromatic N) is 2. The van der Waals surface area contributed by atoms with Gasteiger partial charge in [-0.25, -0.2) is 4.99 Å². The molecule has 0 saturated heterocycles. The van der Waals surface area contributed by atoms with Gasteiger partial charge in [-0.15, -0.1) is 0 Å². The van der Waals surface area contributed by atoms with Crippen molar-refractivity contribution in [2.24, 2.45) is 10.9 Å². The zero-order valence-electron chi connectivity index (χ0n) is 13.3. The molecule has 0 heterocycles. The first kappa shape index (κ1) is 15.5. The molecule has 0 spiro atoms. The molecule has 1 saturated carbocycles. The summed E-state index contributed by atoms with van der Waals surface area (Å²) < 4.78 is 5.41. The first-order chi connectivity index (χ1) is 10.1. The molecule has 1 aromatic rings. The van der Waals surface area contributed by atoms with Crippen LogP contribution in [0.15, 0.2) is 17.1 Å². The molecule has 1 aromatic carbocycles. The number of aryl methyl sites for hydroxylation is 1. The van der Waals surface area contributed by atoms with Gasteiger partial charge >= 0.3 is 0 Å². The summed E-state index contributed by atoms with van der Waals surface area (Å²) in [7, 11) is 3.58. The van der Waals surface area contributed by atoms with Gasteiger partial charge in [-0.1, -0.05) is 6.42 Å². The standard InChI is InChI=1S/C17H24N2O2/c1-5-19(3)11-18-15-10-16(21-4)14(9-12(15)2)17(20)13-7-6-8-13/h9-11,13H,5-8H2,1-4H3/b18-11+. The van der Waals surface area contributed by atoms with E-state index in [1.54, 1.807) is 13.4 Å². The minimum absolute atomic E-state index is 0.180. The fourth-order valence-electron chi connectivity index (χ4n) is 2.31. The van der Waals surface area contributed by atoms with Crippen molar-refractivity contribution in [3.8, 4) is 5.75 Å². The molecule has 0 bridgehead atoms. The molecule has 0 aromatic heterocycles. The second-order valence-electron chi connectivity index (χ2n) is 5.65. The van der Waals surface area contributed by atoms with E-state index >= 15 is 0 Å². The molecule has 4 heteroatoms. The Bertz CT molecular complexity index is 548. The van der Waals surface area contributed by atoms with E-state index in [1.807, 2.05) is 31.0 Å². The molecule has 1 aliphatic rings. The van der Waals surface area contributed by atoms with E-state index in [2.05, 4.69) is 11.9 Å². The van der Waals surface area contributed by atoms with Gasteiger partial charge in [0, 0.05) is 25.6 Å². The number of hydrogen-bond acceptors (Lipinski definition) is 3. The van der Waals surface area contributed by atoms with E-state index in [1.165, 1.54) is 0 Å². The Morgan fingerprint density at radius 2 is 2.19 bits per heavy atom. The second kappa shape index (κ2) is 6.74. The summed E-state index contributed by atoms with van der Waals surface area (Å²) in [5, 5.41) is 0. The number of methoxy groups -OCH3 is 1. The molecule has 1 fully saturated rings. The SMILES string of the molecule is CCN(C)/C=N/c1cc(OC)c(C(=O)C2CCC2)cc1C. The van der Waals surface area contributed by atoms with Crippen molar-refractivity contribution in [1.29, 1.82) is 0 Å². The Morgan fingerprint density at radius 3 is 2.71 bits per heavy atom. The maximum Gasteiger partial charge on any atom is 0.169 e. The van der Waals surface area contributed by atoms with Crippen molar-refractivity contribution < 1.29 is 9.53 Å². The maximum absolute atomic E-state index is 12.5. The predicted molar refractivity (Wildman–Crippen MR) is 85.9 cm³/mol. The molecule has 0 atom stereocenters. The van der Waals surface area contributed by atoms with Crippen molar-refractivity contribution in [2.45, 2.75) is 33.1 Å². The van der Waals surface area contributed by atoms with Crippen LogP contribution in [0.25, 0.3) is 0 Å². The molecule has 0 unspecified atom stereocenters. The average Bonchev–Trinajstić information content (AvgIpc) is 2.43. The van der Waals surface area contributed by atoms with Crippen LogP contribution in [-0.2, 0) is 0 Å². The van der Waals surface area contributed by atoms with Gasteiger partial charge in [0.1, 0.15) is 5.75 Å². The van der Waals surface area contributed by atoms with Crippen LogP contribution in [0, 0.1) is 12.8 Å². The van der Waals surface area contributed by atoms with Crippen LogP contribution >= 0.6 is 0 Å². The number of carbonyl (C=O) groups is 1. The van der Waals surface area contributed by atoms with Crippen LogP contribution in [0.5, 0.6) is 5.75 Å². The van der Waals surface area contributed by atoms with Crippen molar-refractivity contribution in [3.05, 3.63) is 23.3 Å². The minimum atomic E-state index is 0.180. The third kappa shape index (κ3) is 3.43. The highest BCUT2D eigenvalue weighted by atomic mass is 16.5. The molecule has 21 heavy (non-hydrogen) atoms. The summed E-state index contributed by atoms with van der Waals surface area (Å²) >= 11 is 0. The van der Waals surface area contributed by atoms with Crippen LogP contribution in [0.3, 0.4) is 0 Å². The fourth-order valence-corrected chi connectivity index (χ4v) is 2.31. The van der Waals surface area contributed by atoms with E-state index < -0.39 is 0 Å². The molecule has 4 nitrogen and oxygen atoms in total. The van der Waals surface area contributed by atoms with Crippen LogP contribution in [0.4, 0.5) is 5.69 Å². The van der Waals surface area contributed by atoms with Crippen LogP contribution in [0.1, 0.15) is 42.1 Å². The summed E-state index contributed by atoms with van der Waals surface area (Å²) in [4.78, 5) is 18.9. The molecule has 0 aliphatic heterocycles. The van der Waals surface area contributed by atoms with E-state index in [9.17, 15) is 4.79 Å². The summed E-state index contributed by atoms with van der Waals surface area (Å²) in [5.41, 5.74) is 2.54. The number of ether oxygens (including phenoxy) is 1. The topological polar surface area (TPSA) is 41.9 Å². The number of aliphatic imine (C=N–C) groups is 1. The highest BCUT2D eigenvalue weighted by Crippen LogP contribution is 2.35. The number of ketones is 1. The van der Waals surface area contributed by atoms with Crippen molar-refractivity contribution >= 4 is 17.8 Å². The highest BCUT2D eigenvalue weighted by molar-refractivity contribution is 6.01. The molecular weight excluding hydrogens is 264 g/mol. The lowest BCUT2D eigenvalue weighted by Crippen LogP contribution is -2.22. The zero-order valence-corrected chi connectivity index (χ0v) is 13.3. The third-order valence-electron chi connectivity index (χ3n) is 4.15. The summed E-state index contributed by atoms with van der Waals surface area (Å²) in [6, 6.07) is 3.78. The third-order valence-corrected chi connectivity index (χ3v) is 4.15. The first-order valence-corrected chi connectivity index (χ1v) is 7.54. The average molecular weight is 288 g/mol. The Hall–Kier alpha value is -1.84. The van der Waals surface area contributed by atoms with Gasteiger partial charge in [0.25, 0.3) is 0 Å². The Kier molecular flexibility index (Phi) is 4.99. The van der Waals surface area contributed by atoms with E-state index in [0.29, 0.717) is 11.3 Å². The van der Waals surface area contributed by atoms with Gasteiger partial charge in [-0.3, -0.25) is 4.79 Å². The van der Waals surface area contributed by atoms with Gasteiger partial charge in [0.05, 0.1) is 24.7 Å². The largest absolute Gasteiger partial charge is 0.496 e. The first-order valence-electron chi connectivity index (χ1n) is 7.54. The van der Waals surface area contributed by atoms with Crippen LogP contribution in [0.2, 0.25) is 0 Å². The lowest BCUT2D eigenvalue weighted by molar-refractivity contribution is 0.0852. The number of hydrogen-bond donors (Lipinski definition) is 0. The maximum atomic E-state index is 12.5. The Labute approximate surface area is 126 Å². The molecular formula is C17H24N2O2. The minimum Gasteiger partial charge on any atom is -0.496 e. The van der Waals surface area contributed by atoms with Gasteiger partial charge in [-0.05, 0) is 38.3 Å². The quantitative estimate of drug-likeness (QED) is 0.456. The normalized spacial score (nSPS) is 15.0. The van der Waals surface area contributed by atoms with Crippen molar-refractivity contribution in [2.75, 3.05) is 20.7 Å². The molecule has 114 valence electrons. The highest BCUT2D eigenvalue weighted by Gasteiger charge is 2.28. The van der Waals surface area contributed by atoms with E-state index in [-0.39, 0.29) is 11.7 Å². The van der Waals surface area contributed by atoms with Gasteiger partial charge in [0.15, 0.2) is 5.78 Å². The van der Waals surface area contributed by atoms with E-state index in [4.69, 9.17) is 4.74 Å². The molecule has 2 rings (SSSR count). The number of Topliss-reactive ketones (excluding diaryl/α,β-unsaturated/α-hetero) is 1. The van der Waals surface area contributed by atoms with Gasteiger partial charge < -0.3 is 9.64 Å². The van der Waals surface area contributed by atoms with Crippen LogP contribution in [-0.4, -0.2) is 37.7 Å². The number of carbonyl (C=O) groups excluding carboxylic acids is 1. The molecule has 0 amide bonds. The van der Waals surface area contributed by atoms with Crippen molar-refractivity contribution in [3.63, 3.8) is 0 Å². The molecule has 1 aliphatic carbocycles. The zero-order chi connectivity index (χ0) is 15.4. The number of rotatable bonds is 6.